The van der Waals surface area contributed by atoms with Crippen molar-refractivity contribution in [2.24, 2.45) is 0 Å². The van der Waals surface area contributed by atoms with Crippen LogP contribution in [0.25, 0.3) is 0 Å². The van der Waals surface area contributed by atoms with Crippen molar-refractivity contribution in [3.63, 3.8) is 0 Å². The van der Waals surface area contributed by atoms with Crippen LogP contribution in [0.1, 0.15) is 0 Å². The second-order valence-electron chi connectivity index (χ2n) is 2.91. The number of ether oxygens (including phenoxy) is 1. The normalized spacial score (nSPS) is 18.1. The van der Waals surface area contributed by atoms with Crippen LogP contribution in [0.5, 0.6) is 0 Å². The molecule has 1 amide bonds. The molecule has 1 aromatic rings. The standard InChI is InChI=1S/C10H8N2O2S/c1-14-10(13)12-7-4-2-3-5-8(7)15-9(12)6-11/h2-5,9H,1H3/t9-/m1/s1. The fourth-order valence-corrected chi connectivity index (χ4v) is 2.47. The molecule has 0 aromatic heterocycles. The second kappa shape index (κ2) is 3.83. The van der Waals surface area contributed by atoms with Crippen molar-refractivity contribution < 1.29 is 9.53 Å². The molecule has 1 atom stereocenters. The number of nitrogens with zero attached hydrogens (tertiary/aromatic N) is 2. The molecule has 0 spiro atoms. The molecule has 1 heterocycles. The predicted molar refractivity (Wildman–Crippen MR) is 56.6 cm³/mol. The smallest absolute Gasteiger partial charge is 0.415 e. The predicted octanol–water partition coefficient (Wildman–Crippen LogP) is 2.21. The Hall–Kier alpha value is -1.67. The molecule has 2 rings (SSSR count). The summed E-state index contributed by atoms with van der Waals surface area (Å²) in [7, 11) is 1.31. The first-order chi connectivity index (χ1) is 7.27. The van der Waals surface area contributed by atoms with Crippen LogP contribution in [0.3, 0.4) is 0 Å². The highest BCUT2D eigenvalue weighted by atomic mass is 32.2. The number of hydrogen-bond acceptors (Lipinski definition) is 4. The third kappa shape index (κ3) is 1.53. The van der Waals surface area contributed by atoms with Crippen LogP contribution in [0.15, 0.2) is 29.2 Å². The van der Waals surface area contributed by atoms with Gasteiger partial charge >= 0.3 is 6.09 Å². The monoisotopic (exact) mass is 220 g/mol. The van der Waals surface area contributed by atoms with Crippen molar-refractivity contribution in [1.29, 1.82) is 5.26 Å². The van der Waals surface area contributed by atoms with Crippen molar-refractivity contribution in [2.45, 2.75) is 10.3 Å². The van der Waals surface area contributed by atoms with Crippen LogP contribution in [-0.4, -0.2) is 18.6 Å². The largest absolute Gasteiger partial charge is 0.452 e. The van der Waals surface area contributed by atoms with Gasteiger partial charge in [-0.2, -0.15) is 5.26 Å². The van der Waals surface area contributed by atoms with Gasteiger partial charge in [-0.25, -0.2) is 4.79 Å². The maximum Gasteiger partial charge on any atom is 0.415 e. The van der Waals surface area contributed by atoms with Crippen LogP contribution in [0.2, 0.25) is 0 Å². The molecular formula is C10H8N2O2S. The quantitative estimate of drug-likeness (QED) is 0.672. The number of amides is 1. The molecule has 0 radical (unpaired) electrons. The molecule has 0 aliphatic carbocycles. The van der Waals surface area contributed by atoms with Crippen LogP contribution in [-0.2, 0) is 4.74 Å². The molecule has 0 saturated carbocycles. The van der Waals surface area contributed by atoms with Gasteiger partial charge in [0.2, 0.25) is 0 Å². The molecule has 15 heavy (non-hydrogen) atoms. The van der Waals surface area contributed by atoms with E-state index < -0.39 is 11.5 Å². The van der Waals surface area contributed by atoms with Crippen molar-refractivity contribution in [3.05, 3.63) is 24.3 Å². The van der Waals surface area contributed by atoms with Crippen molar-refractivity contribution >= 4 is 23.5 Å². The van der Waals surface area contributed by atoms with E-state index in [2.05, 4.69) is 10.8 Å². The van der Waals surface area contributed by atoms with Crippen LogP contribution in [0.4, 0.5) is 10.5 Å². The number of carbonyl (C=O) groups is 1. The van der Waals surface area contributed by atoms with Gasteiger partial charge in [-0.1, -0.05) is 23.9 Å². The van der Waals surface area contributed by atoms with E-state index in [1.807, 2.05) is 18.2 Å². The zero-order valence-electron chi connectivity index (χ0n) is 8.01. The van der Waals surface area contributed by atoms with Gasteiger partial charge in [-0.3, -0.25) is 4.90 Å². The SMILES string of the molecule is COC(=O)N1c2ccccc2S[C@@H]1C#N. The third-order valence-electron chi connectivity index (χ3n) is 2.08. The Kier molecular flexibility index (Phi) is 2.52. The number of benzene rings is 1. The molecule has 5 heteroatoms. The number of carbonyl (C=O) groups excluding carboxylic acids is 1. The molecular weight excluding hydrogens is 212 g/mol. The maximum atomic E-state index is 11.5. The molecule has 0 unspecified atom stereocenters. The summed E-state index contributed by atoms with van der Waals surface area (Å²) in [5, 5.41) is 8.40. The molecule has 76 valence electrons. The molecule has 0 fully saturated rings. The number of anilines is 1. The van der Waals surface area contributed by atoms with E-state index in [0.717, 1.165) is 10.6 Å². The molecule has 0 bridgehead atoms. The number of thioether (sulfide) groups is 1. The molecule has 0 saturated heterocycles. The first-order valence-electron chi connectivity index (χ1n) is 4.30. The average Bonchev–Trinajstić information content (AvgIpc) is 2.66. The Morgan fingerprint density at radius 3 is 3.00 bits per heavy atom. The Labute approximate surface area is 91.4 Å². The highest BCUT2D eigenvalue weighted by Crippen LogP contribution is 2.42. The van der Waals surface area contributed by atoms with Gasteiger partial charge in [0.1, 0.15) is 0 Å². The highest BCUT2D eigenvalue weighted by Gasteiger charge is 2.35. The number of para-hydroxylation sites is 1. The van der Waals surface area contributed by atoms with Gasteiger partial charge in [-0.15, -0.1) is 0 Å². The number of methoxy groups -OCH3 is 1. The minimum atomic E-state index is -0.533. The lowest BCUT2D eigenvalue weighted by molar-refractivity contribution is 0.179. The number of fused-ring (bicyclic) bond motifs is 1. The van der Waals surface area contributed by atoms with Crippen LogP contribution < -0.4 is 4.90 Å². The van der Waals surface area contributed by atoms with Gasteiger partial charge < -0.3 is 4.74 Å². The molecule has 1 aliphatic heterocycles. The van der Waals surface area contributed by atoms with Crippen LogP contribution >= 0.6 is 11.8 Å². The lowest BCUT2D eigenvalue weighted by atomic mass is 10.3. The summed E-state index contributed by atoms with van der Waals surface area (Å²) >= 11 is 1.35. The van der Waals surface area contributed by atoms with E-state index in [1.165, 1.54) is 23.8 Å². The summed E-state index contributed by atoms with van der Waals surface area (Å²) in [5.74, 6) is 0. The highest BCUT2D eigenvalue weighted by molar-refractivity contribution is 8.00. The first kappa shape index (κ1) is 9.87. The summed E-state index contributed by atoms with van der Waals surface area (Å²) in [6.07, 6.45) is -0.501. The average molecular weight is 220 g/mol. The van der Waals surface area contributed by atoms with Gasteiger partial charge in [0, 0.05) is 4.90 Å². The van der Waals surface area contributed by atoms with Crippen molar-refractivity contribution in [3.8, 4) is 6.07 Å². The van der Waals surface area contributed by atoms with Crippen LogP contribution in [0, 0.1) is 11.3 Å². The van der Waals surface area contributed by atoms with E-state index in [4.69, 9.17) is 5.26 Å². The topological polar surface area (TPSA) is 53.3 Å². The van der Waals surface area contributed by atoms with Gasteiger partial charge in [0.15, 0.2) is 5.37 Å². The Morgan fingerprint density at radius 1 is 1.60 bits per heavy atom. The summed E-state index contributed by atoms with van der Waals surface area (Å²) in [5.41, 5.74) is 0.737. The van der Waals surface area contributed by atoms with Crippen molar-refractivity contribution in [1.82, 2.24) is 0 Å². The molecule has 1 aliphatic rings. The second-order valence-corrected chi connectivity index (χ2v) is 4.03. The molecule has 4 nitrogen and oxygen atoms in total. The van der Waals surface area contributed by atoms with E-state index in [0.29, 0.717) is 0 Å². The minimum Gasteiger partial charge on any atom is -0.452 e. The summed E-state index contributed by atoms with van der Waals surface area (Å²) in [6, 6.07) is 9.45. The number of rotatable bonds is 0. The number of nitriles is 1. The maximum absolute atomic E-state index is 11.5. The molecule has 1 aromatic carbocycles. The van der Waals surface area contributed by atoms with Gasteiger partial charge in [0.05, 0.1) is 18.9 Å². The van der Waals surface area contributed by atoms with Crippen molar-refractivity contribution in [2.75, 3.05) is 12.0 Å². The van der Waals surface area contributed by atoms with E-state index in [-0.39, 0.29) is 0 Å². The lowest BCUT2D eigenvalue weighted by Gasteiger charge is -2.17. The minimum absolute atomic E-state index is 0.501. The molecule has 0 N–H and O–H groups in total. The van der Waals surface area contributed by atoms with E-state index in [9.17, 15) is 4.79 Å². The fraction of sp³-hybridized carbons (Fsp3) is 0.200. The van der Waals surface area contributed by atoms with Gasteiger partial charge in [0.25, 0.3) is 0 Å². The summed E-state index contributed by atoms with van der Waals surface area (Å²) < 4.78 is 4.65. The zero-order valence-corrected chi connectivity index (χ0v) is 8.82. The zero-order chi connectivity index (χ0) is 10.8. The Morgan fingerprint density at radius 2 is 2.33 bits per heavy atom. The Balaban J connectivity index is 2.43. The Bertz CT molecular complexity index is 441. The van der Waals surface area contributed by atoms with Gasteiger partial charge in [-0.05, 0) is 12.1 Å². The number of hydrogen-bond donors (Lipinski definition) is 0. The lowest BCUT2D eigenvalue weighted by Crippen LogP contribution is -2.34. The van der Waals surface area contributed by atoms with E-state index in [1.54, 1.807) is 6.07 Å². The van der Waals surface area contributed by atoms with E-state index >= 15 is 0 Å². The third-order valence-corrected chi connectivity index (χ3v) is 3.22. The summed E-state index contributed by atoms with van der Waals surface area (Å²) in [6.45, 7) is 0. The first-order valence-corrected chi connectivity index (χ1v) is 5.18. The fourth-order valence-electron chi connectivity index (χ4n) is 1.43. The summed E-state index contributed by atoms with van der Waals surface area (Å²) in [4.78, 5) is 13.8.